The third-order valence-electron chi connectivity index (χ3n) is 5.61. The van der Waals surface area contributed by atoms with Gasteiger partial charge < -0.3 is 4.43 Å². The summed E-state index contributed by atoms with van der Waals surface area (Å²) in [7, 11) is -1.56. The van der Waals surface area contributed by atoms with Crippen LogP contribution in [-0.4, -0.2) is 20.7 Å². The molecule has 1 rings (SSSR count). The van der Waals surface area contributed by atoms with E-state index in [0.717, 1.165) is 18.6 Å². The minimum Gasteiger partial charge on any atom is -0.417 e. The molecule has 1 aromatic rings. The number of carbonyl (C=O) groups excluding carboxylic acids is 1. The van der Waals surface area contributed by atoms with Gasteiger partial charge in [-0.2, -0.15) is 0 Å². The minimum absolute atomic E-state index is 0.107. The first-order chi connectivity index (χ1) is 12.7. The van der Waals surface area contributed by atoms with E-state index in [0.29, 0.717) is 5.04 Å². The molecule has 0 bridgehead atoms. The van der Waals surface area contributed by atoms with Crippen LogP contribution in [0.2, 0.25) is 18.1 Å². The molecule has 0 N–H and O–H groups in total. The maximum atomic E-state index is 11.9. The molecule has 0 saturated carbocycles. The van der Waals surface area contributed by atoms with E-state index in [2.05, 4.69) is 33.9 Å². The van der Waals surface area contributed by atoms with Crippen molar-refractivity contribution >= 4 is 14.1 Å². The van der Waals surface area contributed by atoms with E-state index in [4.69, 9.17) is 4.43 Å². The number of ketones is 1. The van der Waals surface area contributed by atoms with Gasteiger partial charge in [0.25, 0.3) is 0 Å². The second kappa shape index (κ2) is 12.3. The molecule has 27 heavy (non-hydrogen) atoms. The molecule has 3 heteroatoms. The Morgan fingerprint density at radius 1 is 0.926 bits per heavy atom. The molecule has 0 radical (unpaired) electrons. The van der Waals surface area contributed by atoms with E-state index < -0.39 is 8.32 Å². The van der Waals surface area contributed by atoms with Crippen LogP contribution < -0.4 is 0 Å². The van der Waals surface area contributed by atoms with Crippen LogP contribution in [0.3, 0.4) is 0 Å². The number of benzene rings is 1. The highest BCUT2D eigenvalue weighted by Gasteiger charge is 2.36. The third kappa shape index (κ3) is 10.1. The van der Waals surface area contributed by atoms with Crippen LogP contribution in [0, 0.1) is 0 Å². The molecule has 0 atom stereocenters. The summed E-state index contributed by atoms with van der Waals surface area (Å²) in [5.74, 6) is 0.107. The number of hydrogen-bond acceptors (Lipinski definition) is 2. The van der Waals surface area contributed by atoms with Crippen molar-refractivity contribution in [1.82, 2.24) is 0 Å². The molecule has 0 saturated heterocycles. The second-order valence-corrected chi connectivity index (χ2v) is 13.8. The van der Waals surface area contributed by atoms with Crippen molar-refractivity contribution in [2.24, 2.45) is 0 Å². The number of unbranched alkanes of at least 4 members (excludes halogenated alkanes) is 7. The Balaban J connectivity index is 1.96. The van der Waals surface area contributed by atoms with E-state index in [1.165, 1.54) is 44.9 Å². The Kier molecular flexibility index (Phi) is 10.9. The van der Waals surface area contributed by atoms with Crippen molar-refractivity contribution in [2.75, 3.05) is 6.61 Å². The molecule has 0 aliphatic heterocycles. The van der Waals surface area contributed by atoms with E-state index >= 15 is 0 Å². The lowest BCUT2D eigenvalue weighted by atomic mass is 10.1. The molecule has 0 amide bonds. The Bertz CT molecular complexity index is 555. The van der Waals surface area contributed by atoms with Crippen molar-refractivity contribution in [3.8, 4) is 0 Å². The Labute approximate surface area is 168 Å². The van der Waals surface area contributed by atoms with Crippen LogP contribution >= 0.6 is 0 Å². The molecule has 0 aliphatic rings. The van der Waals surface area contributed by atoms with Crippen LogP contribution in [0.4, 0.5) is 0 Å². The van der Waals surface area contributed by atoms with E-state index in [1.54, 1.807) is 6.08 Å². The number of allylic oxidation sites excluding steroid dienone is 2. The third-order valence-corrected chi connectivity index (χ3v) is 10.1. The van der Waals surface area contributed by atoms with Crippen LogP contribution in [-0.2, 0) is 4.43 Å². The van der Waals surface area contributed by atoms with Gasteiger partial charge in [0.05, 0.1) is 0 Å². The molecule has 0 aromatic heterocycles. The average Bonchev–Trinajstić information content (AvgIpc) is 2.62. The van der Waals surface area contributed by atoms with Crippen LogP contribution in [0.5, 0.6) is 0 Å². The molecular formula is C24H40O2Si. The summed E-state index contributed by atoms with van der Waals surface area (Å²) in [5, 5.41) is 0.313. The molecule has 152 valence electrons. The predicted octanol–water partition coefficient (Wildman–Crippen LogP) is 7.57. The van der Waals surface area contributed by atoms with Gasteiger partial charge in [-0.05, 0) is 43.5 Å². The van der Waals surface area contributed by atoms with Gasteiger partial charge in [-0.1, -0.05) is 89.3 Å². The fourth-order valence-electron chi connectivity index (χ4n) is 2.68. The molecule has 0 heterocycles. The Morgan fingerprint density at radius 2 is 1.48 bits per heavy atom. The SMILES string of the molecule is CC(C)(C)[Si](C)(C)OCCCCCCCCC/C=C/C(=O)c1ccccc1. The summed E-state index contributed by atoms with van der Waals surface area (Å²) in [6.07, 6.45) is 13.6. The fourth-order valence-corrected chi connectivity index (χ4v) is 3.77. The topological polar surface area (TPSA) is 26.3 Å². The smallest absolute Gasteiger partial charge is 0.191 e. The summed E-state index contributed by atoms with van der Waals surface area (Å²) in [5.41, 5.74) is 0.770. The maximum absolute atomic E-state index is 11.9. The van der Waals surface area contributed by atoms with Crippen molar-refractivity contribution in [2.45, 2.75) is 90.3 Å². The van der Waals surface area contributed by atoms with Gasteiger partial charge in [0.15, 0.2) is 14.1 Å². The van der Waals surface area contributed by atoms with Gasteiger partial charge in [-0.15, -0.1) is 0 Å². The largest absolute Gasteiger partial charge is 0.417 e. The van der Waals surface area contributed by atoms with Crippen LogP contribution in [0.25, 0.3) is 0 Å². The quantitative estimate of drug-likeness (QED) is 0.151. The fraction of sp³-hybridized carbons (Fsp3) is 0.625. The minimum atomic E-state index is -1.56. The zero-order valence-electron chi connectivity index (χ0n) is 18.2. The van der Waals surface area contributed by atoms with Crippen molar-refractivity contribution < 1.29 is 9.22 Å². The second-order valence-electron chi connectivity index (χ2n) is 9.00. The van der Waals surface area contributed by atoms with Gasteiger partial charge >= 0.3 is 0 Å². The monoisotopic (exact) mass is 388 g/mol. The Hall–Kier alpha value is -1.19. The standard InChI is InChI=1S/C24H40O2Si/c1-24(2,3)27(4,5)26-21-17-12-10-8-6-7-9-11-16-20-23(25)22-18-14-13-15-19-22/h13-16,18-20H,6-12,17,21H2,1-5H3/b20-16+. The van der Waals surface area contributed by atoms with Gasteiger partial charge in [-0.3, -0.25) is 4.79 Å². The highest BCUT2D eigenvalue weighted by atomic mass is 28.4. The summed E-state index contributed by atoms with van der Waals surface area (Å²) in [6, 6.07) is 9.47. The molecular weight excluding hydrogens is 348 g/mol. The van der Waals surface area contributed by atoms with Crippen LogP contribution in [0.15, 0.2) is 42.5 Å². The average molecular weight is 389 g/mol. The lowest BCUT2D eigenvalue weighted by Gasteiger charge is -2.36. The molecule has 0 fully saturated rings. The normalized spacial score (nSPS) is 12.6. The van der Waals surface area contributed by atoms with Crippen LogP contribution in [0.1, 0.15) is 82.5 Å². The van der Waals surface area contributed by atoms with Crippen molar-refractivity contribution in [1.29, 1.82) is 0 Å². The number of hydrogen-bond donors (Lipinski definition) is 0. The van der Waals surface area contributed by atoms with Gasteiger partial charge in [-0.25, -0.2) is 0 Å². The summed E-state index contributed by atoms with van der Waals surface area (Å²) in [4.78, 5) is 11.9. The van der Waals surface area contributed by atoms with Crippen molar-refractivity contribution in [3.63, 3.8) is 0 Å². The summed E-state index contributed by atoms with van der Waals surface area (Å²) in [6.45, 7) is 12.5. The van der Waals surface area contributed by atoms with E-state index in [9.17, 15) is 4.79 Å². The number of rotatable bonds is 13. The molecule has 0 unspecified atom stereocenters. The molecule has 0 spiro atoms. The lowest BCUT2D eigenvalue weighted by molar-refractivity contribution is 0.104. The number of carbonyl (C=O) groups is 1. The first kappa shape index (κ1) is 23.8. The lowest BCUT2D eigenvalue weighted by Crippen LogP contribution is -2.40. The maximum Gasteiger partial charge on any atom is 0.191 e. The zero-order valence-corrected chi connectivity index (χ0v) is 19.2. The zero-order chi connectivity index (χ0) is 20.2. The highest BCUT2D eigenvalue weighted by Crippen LogP contribution is 2.36. The van der Waals surface area contributed by atoms with Gasteiger partial charge in [0.1, 0.15) is 0 Å². The van der Waals surface area contributed by atoms with Crippen molar-refractivity contribution in [3.05, 3.63) is 48.0 Å². The Morgan fingerprint density at radius 3 is 2.07 bits per heavy atom. The molecule has 1 aromatic carbocycles. The van der Waals surface area contributed by atoms with Gasteiger partial charge in [0, 0.05) is 12.2 Å². The molecule has 0 aliphatic carbocycles. The highest BCUT2D eigenvalue weighted by molar-refractivity contribution is 6.74. The van der Waals surface area contributed by atoms with E-state index in [1.807, 2.05) is 36.4 Å². The first-order valence-corrected chi connectivity index (χ1v) is 13.5. The van der Waals surface area contributed by atoms with E-state index in [-0.39, 0.29) is 5.78 Å². The summed E-state index contributed by atoms with van der Waals surface area (Å²) < 4.78 is 6.22. The summed E-state index contributed by atoms with van der Waals surface area (Å²) >= 11 is 0. The molecule has 2 nitrogen and oxygen atoms in total. The predicted molar refractivity (Wildman–Crippen MR) is 120 cm³/mol. The van der Waals surface area contributed by atoms with Gasteiger partial charge in [0.2, 0.25) is 0 Å². The first-order valence-electron chi connectivity index (χ1n) is 10.6.